The van der Waals surface area contributed by atoms with Gasteiger partial charge in [0.15, 0.2) is 0 Å². The number of hydrogen-bond donors (Lipinski definition) is 0. The van der Waals surface area contributed by atoms with Gasteiger partial charge in [0.25, 0.3) is 0 Å². The van der Waals surface area contributed by atoms with Crippen LogP contribution in [0.2, 0.25) is 0 Å². The number of hydrogen-bond acceptors (Lipinski definition) is 1. The molecule has 94 valence electrons. The summed E-state index contributed by atoms with van der Waals surface area (Å²) in [7, 11) is 0. The lowest BCUT2D eigenvalue weighted by Crippen LogP contribution is -1.92. The Morgan fingerprint density at radius 3 is 2.47 bits per heavy atom. The molecule has 0 saturated carbocycles. The van der Waals surface area contributed by atoms with Crippen LogP contribution in [0.3, 0.4) is 0 Å². The minimum absolute atomic E-state index is 1.06. The first-order valence-corrected chi connectivity index (χ1v) is 6.90. The van der Waals surface area contributed by atoms with Crippen molar-refractivity contribution >= 4 is 15.9 Å². The van der Waals surface area contributed by atoms with Crippen molar-refractivity contribution in [3.63, 3.8) is 0 Å². The maximum Gasteiger partial charge on any atom is 0.0646 e. The summed E-state index contributed by atoms with van der Waals surface area (Å²) in [6, 6.07) is 16.5. The first kappa shape index (κ1) is 12.2. The van der Waals surface area contributed by atoms with E-state index < -0.39 is 0 Å². The van der Waals surface area contributed by atoms with Crippen molar-refractivity contribution in [3.8, 4) is 16.8 Å². The smallest absolute Gasteiger partial charge is 0.0646 e. The summed E-state index contributed by atoms with van der Waals surface area (Å²) in [4.78, 5) is 0. The highest BCUT2D eigenvalue weighted by atomic mass is 79.9. The second-order valence-corrected chi connectivity index (χ2v) is 5.38. The van der Waals surface area contributed by atoms with Crippen LogP contribution < -0.4 is 0 Å². The summed E-state index contributed by atoms with van der Waals surface area (Å²) in [6.45, 7) is 2.12. The molecular formula is C16H13BrN2. The van der Waals surface area contributed by atoms with E-state index in [2.05, 4.69) is 58.4 Å². The summed E-state index contributed by atoms with van der Waals surface area (Å²) >= 11 is 3.44. The lowest BCUT2D eigenvalue weighted by Gasteiger charge is -2.02. The molecule has 3 aromatic rings. The zero-order valence-electron chi connectivity index (χ0n) is 10.5. The van der Waals surface area contributed by atoms with Gasteiger partial charge in [-0.15, -0.1) is 0 Å². The quantitative estimate of drug-likeness (QED) is 0.675. The normalized spacial score (nSPS) is 10.6. The molecule has 0 aliphatic carbocycles. The molecule has 19 heavy (non-hydrogen) atoms. The Balaban J connectivity index is 2.00. The Kier molecular flexibility index (Phi) is 3.22. The van der Waals surface area contributed by atoms with Crippen LogP contribution >= 0.6 is 15.9 Å². The van der Waals surface area contributed by atoms with Crippen LogP contribution in [0.15, 0.2) is 65.4 Å². The first-order chi connectivity index (χ1) is 9.24. The van der Waals surface area contributed by atoms with Gasteiger partial charge in [0, 0.05) is 16.2 Å². The maximum atomic E-state index is 4.43. The molecule has 0 radical (unpaired) electrons. The van der Waals surface area contributed by atoms with Gasteiger partial charge >= 0.3 is 0 Å². The van der Waals surface area contributed by atoms with Crippen molar-refractivity contribution in [2.45, 2.75) is 6.92 Å². The van der Waals surface area contributed by atoms with E-state index in [-0.39, 0.29) is 0 Å². The highest BCUT2D eigenvalue weighted by Gasteiger charge is 2.05. The molecule has 2 aromatic carbocycles. The van der Waals surface area contributed by atoms with Crippen LogP contribution in [0.25, 0.3) is 16.8 Å². The molecule has 0 atom stereocenters. The highest BCUT2D eigenvalue weighted by molar-refractivity contribution is 9.10. The molecule has 0 bridgehead atoms. The molecule has 0 spiro atoms. The van der Waals surface area contributed by atoms with E-state index in [1.54, 1.807) is 0 Å². The third-order valence-electron chi connectivity index (χ3n) is 3.13. The predicted molar refractivity (Wildman–Crippen MR) is 81.4 cm³/mol. The maximum absolute atomic E-state index is 4.43. The standard InChI is InChI=1S/C16H13BrN2/c1-12-4-2-3-5-16(12)13-10-18-19(11-13)15-8-6-14(17)7-9-15/h2-11H,1H3. The summed E-state index contributed by atoms with van der Waals surface area (Å²) in [5.41, 5.74) is 4.69. The number of benzene rings is 2. The molecule has 1 aromatic heterocycles. The van der Waals surface area contributed by atoms with Crippen molar-refractivity contribution in [3.05, 3.63) is 71.0 Å². The first-order valence-electron chi connectivity index (χ1n) is 6.11. The molecule has 0 aliphatic heterocycles. The molecule has 0 unspecified atom stereocenters. The van der Waals surface area contributed by atoms with Crippen molar-refractivity contribution in [2.75, 3.05) is 0 Å². The van der Waals surface area contributed by atoms with Gasteiger partial charge in [0.1, 0.15) is 0 Å². The number of aromatic nitrogens is 2. The molecule has 0 saturated heterocycles. The minimum atomic E-state index is 1.06. The van der Waals surface area contributed by atoms with Crippen molar-refractivity contribution in [1.82, 2.24) is 9.78 Å². The molecule has 3 heteroatoms. The van der Waals surface area contributed by atoms with E-state index in [9.17, 15) is 0 Å². The van der Waals surface area contributed by atoms with Crippen molar-refractivity contribution in [2.24, 2.45) is 0 Å². The van der Waals surface area contributed by atoms with E-state index >= 15 is 0 Å². The minimum Gasteiger partial charge on any atom is -0.240 e. The van der Waals surface area contributed by atoms with Crippen LogP contribution in [-0.4, -0.2) is 9.78 Å². The zero-order chi connectivity index (χ0) is 13.2. The summed E-state index contributed by atoms with van der Waals surface area (Å²) in [5.74, 6) is 0. The van der Waals surface area contributed by atoms with E-state index in [1.165, 1.54) is 11.1 Å². The van der Waals surface area contributed by atoms with Crippen LogP contribution in [0.4, 0.5) is 0 Å². The van der Waals surface area contributed by atoms with Crippen molar-refractivity contribution in [1.29, 1.82) is 0 Å². The van der Waals surface area contributed by atoms with Gasteiger partial charge in [0.05, 0.1) is 11.9 Å². The van der Waals surface area contributed by atoms with E-state index in [4.69, 9.17) is 0 Å². The Labute approximate surface area is 120 Å². The van der Waals surface area contributed by atoms with Gasteiger partial charge in [-0.1, -0.05) is 40.2 Å². The van der Waals surface area contributed by atoms with E-state index in [0.717, 1.165) is 15.7 Å². The molecule has 3 rings (SSSR count). The van der Waals surface area contributed by atoms with Crippen LogP contribution in [0.1, 0.15) is 5.56 Å². The summed E-state index contributed by atoms with van der Waals surface area (Å²) < 4.78 is 2.97. The molecule has 0 amide bonds. The van der Waals surface area contributed by atoms with Gasteiger partial charge in [-0.25, -0.2) is 4.68 Å². The molecule has 1 heterocycles. The van der Waals surface area contributed by atoms with Crippen LogP contribution in [0, 0.1) is 6.92 Å². The fourth-order valence-electron chi connectivity index (χ4n) is 2.09. The molecule has 2 nitrogen and oxygen atoms in total. The lowest BCUT2D eigenvalue weighted by molar-refractivity contribution is 0.880. The zero-order valence-corrected chi connectivity index (χ0v) is 12.1. The Hall–Kier alpha value is -1.87. The average molecular weight is 313 g/mol. The topological polar surface area (TPSA) is 17.8 Å². The predicted octanol–water partition coefficient (Wildman–Crippen LogP) is 4.61. The Morgan fingerprint density at radius 1 is 1.00 bits per heavy atom. The van der Waals surface area contributed by atoms with Gasteiger partial charge < -0.3 is 0 Å². The van der Waals surface area contributed by atoms with Gasteiger partial charge in [-0.2, -0.15) is 5.10 Å². The molecule has 0 aliphatic rings. The summed E-state index contributed by atoms with van der Waals surface area (Å²) in [5, 5.41) is 4.43. The second kappa shape index (κ2) is 5.02. The number of nitrogens with zero attached hydrogens (tertiary/aromatic N) is 2. The lowest BCUT2D eigenvalue weighted by atomic mass is 10.0. The van der Waals surface area contributed by atoms with Gasteiger partial charge in [0.2, 0.25) is 0 Å². The SMILES string of the molecule is Cc1ccccc1-c1cnn(-c2ccc(Br)cc2)c1. The van der Waals surface area contributed by atoms with E-state index in [1.807, 2.05) is 35.1 Å². The number of halogens is 1. The molecular weight excluding hydrogens is 300 g/mol. The fourth-order valence-corrected chi connectivity index (χ4v) is 2.36. The largest absolute Gasteiger partial charge is 0.240 e. The average Bonchev–Trinajstić information content (AvgIpc) is 2.89. The number of aryl methyl sites for hydroxylation is 1. The Bertz CT molecular complexity index is 699. The van der Waals surface area contributed by atoms with Crippen molar-refractivity contribution < 1.29 is 0 Å². The van der Waals surface area contributed by atoms with Crippen LogP contribution in [0.5, 0.6) is 0 Å². The second-order valence-electron chi connectivity index (χ2n) is 4.46. The molecule has 0 N–H and O–H groups in total. The number of rotatable bonds is 2. The Morgan fingerprint density at radius 2 is 1.74 bits per heavy atom. The monoisotopic (exact) mass is 312 g/mol. The third-order valence-corrected chi connectivity index (χ3v) is 3.66. The van der Waals surface area contributed by atoms with Gasteiger partial charge in [-0.3, -0.25) is 0 Å². The summed E-state index contributed by atoms with van der Waals surface area (Å²) in [6.07, 6.45) is 3.97. The fraction of sp³-hybridized carbons (Fsp3) is 0.0625. The third kappa shape index (κ3) is 2.47. The molecule has 0 fully saturated rings. The van der Waals surface area contributed by atoms with Gasteiger partial charge in [-0.05, 0) is 42.3 Å². The highest BCUT2D eigenvalue weighted by Crippen LogP contribution is 2.23. The van der Waals surface area contributed by atoms with Crippen LogP contribution in [-0.2, 0) is 0 Å². The van der Waals surface area contributed by atoms with E-state index in [0.29, 0.717) is 0 Å².